The molecule has 4 nitrogen and oxygen atoms in total. The van der Waals surface area contributed by atoms with E-state index < -0.39 is 0 Å². The molecule has 19 heavy (non-hydrogen) atoms. The first-order chi connectivity index (χ1) is 9.22. The Kier molecular flexibility index (Phi) is 2.28. The molecule has 0 bridgehead atoms. The van der Waals surface area contributed by atoms with Gasteiger partial charge < -0.3 is 4.90 Å². The second kappa shape index (κ2) is 3.89. The Morgan fingerprint density at radius 1 is 1.16 bits per heavy atom. The predicted octanol–water partition coefficient (Wildman–Crippen LogP) is 2.56. The maximum Gasteiger partial charge on any atom is 0.142 e. The number of hydrogen-bond acceptors (Lipinski definition) is 4. The molecule has 2 aliphatic rings. The Morgan fingerprint density at radius 3 is 2.95 bits per heavy atom. The summed E-state index contributed by atoms with van der Waals surface area (Å²) in [4.78, 5) is 16.6. The third-order valence-corrected chi connectivity index (χ3v) is 4.30. The number of aromatic nitrogens is 3. The van der Waals surface area contributed by atoms with Gasteiger partial charge in [0.15, 0.2) is 0 Å². The number of aryl methyl sites for hydroxylation is 2. The first kappa shape index (κ1) is 11.1. The summed E-state index contributed by atoms with van der Waals surface area (Å²) in [7, 11) is 0. The van der Waals surface area contributed by atoms with Gasteiger partial charge in [0.2, 0.25) is 0 Å². The lowest BCUT2D eigenvalue weighted by molar-refractivity contribution is 0.446. The van der Waals surface area contributed by atoms with Crippen LogP contribution in [0.3, 0.4) is 0 Å². The van der Waals surface area contributed by atoms with Crippen LogP contribution in [-0.4, -0.2) is 27.5 Å². The Labute approximate surface area is 112 Å². The van der Waals surface area contributed by atoms with E-state index >= 15 is 0 Å². The molecule has 0 saturated carbocycles. The van der Waals surface area contributed by atoms with Crippen LogP contribution in [0.2, 0.25) is 0 Å². The van der Waals surface area contributed by atoms with Crippen LogP contribution in [0.4, 0.5) is 5.82 Å². The number of pyridine rings is 1. The Hall–Kier alpha value is -1.71. The molecule has 1 saturated heterocycles. The van der Waals surface area contributed by atoms with E-state index in [0.29, 0.717) is 6.04 Å². The second-order valence-corrected chi connectivity index (χ2v) is 5.75. The number of hydrogen-bond donors (Lipinski definition) is 0. The molecule has 0 amide bonds. The van der Waals surface area contributed by atoms with Gasteiger partial charge in [0, 0.05) is 24.7 Å². The van der Waals surface area contributed by atoms with E-state index in [4.69, 9.17) is 9.97 Å². The molecule has 1 atom stereocenters. The van der Waals surface area contributed by atoms with Crippen molar-refractivity contribution in [2.45, 2.75) is 45.6 Å². The SMILES string of the molecule is Cc1cc2nc(C)nc3c2c(n1)CC1CCCCN31. The zero-order chi connectivity index (χ0) is 13.0. The molecule has 1 unspecified atom stereocenters. The van der Waals surface area contributed by atoms with E-state index in [-0.39, 0.29) is 0 Å². The van der Waals surface area contributed by atoms with E-state index in [9.17, 15) is 0 Å². The molecule has 4 heteroatoms. The minimum absolute atomic E-state index is 0.591. The molecule has 1 fully saturated rings. The summed E-state index contributed by atoms with van der Waals surface area (Å²) >= 11 is 0. The van der Waals surface area contributed by atoms with Crippen LogP contribution in [0.15, 0.2) is 6.07 Å². The van der Waals surface area contributed by atoms with Crippen molar-refractivity contribution in [3.05, 3.63) is 23.3 Å². The maximum atomic E-state index is 4.75. The number of anilines is 1. The highest BCUT2D eigenvalue weighted by Crippen LogP contribution is 2.37. The molecule has 98 valence electrons. The van der Waals surface area contributed by atoms with Gasteiger partial charge in [-0.25, -0.2) is 9.97 Å². The summed E-state index contributed by atoms with van der Waals surface area (Å²) < 4.78 is 0. The third kappa shape index (κ3) is 1.62. The smallest absolute Gasteiger partial charge is 0.142 e. The zero-order valence-corrected chi connectivity index (χ0v) is 11.5. The van der Waals surface area contributed by atoms with Crippen molar-refractivity contribution in [1.29, 1.82) is 0 Å². The molecular formula is C15H18N4. The first-order valence-electron chi connectivity index (χ1n) is 7.14. The van der Waals surface area contributed by atoms with Crippen molar-refractivity contribution in [2.75, 3.05) is 11.4 Å². The van der Waals surface area contributed by atoms with Crippen molar-refractivity contribution in [1.82, 2.24) is 15.0 Å². The number of rotatable bonds is 0. The van der Waals surface area contributed by atoms with Crippen LogP contribution in [0, 0.1) is 13.8 Å². The molecular weight excluding hydrogens is 236 g/mol. The standard InChI is InChI=1S/C15H18N4/c1-9-7-12-14-13(16-9)8-11-5-3-4-6-19(11)15(14)18-10(2)17-12/h7,11H,3-6,8H2,1-2H3. The lowest BCUT2D eigenvalue weighted by Gasteiger charge is -2.40. The molecule has 2 aliphatic heterocycles. The third-order valence-electron chi connectivity index (χ3n) is 4.30. The van der Waals surface area contributed by atoms with E-state index in [0.717, 1.165) is 35.8 Å². The largest absolute Gasteiger partial charge is 0.353 e. The normalized spacial score (nSPS) is 21.6. The van der Waals surface area contributed by atoms with Crippen molar-refractivity contribution < 1.29 is 0 Å². The number of fused-ring (bicyclic) bond motifs is 2. The maximum absolute atomic E-state index is 4.75. The summed E-state index contributed by atoms with van der Waals surface area (Å²) in [5.41, 5.74) is 3.33. The highest BCUT2D eigenvalue weighted by Gasteiger charge is 2.32. The van der Waals surface area contributed by atoms with Crippen LogP contribution in [-0.2, 0) is 6.42 Å². The zero-order valence-electron chi connectivity index (χ0n) is 11.5. The van der Waals surface area contributed by atoms with Crippen LogP contribution in [0.1, 0.15) is 36.5 Å². The fourth-order valence-electron chi connectivity index (χ4n) is 3.53. The quantitative estimate of drug-likeness (QED) is 0.724. The van der Waals surface area contributed by atoms with Crippen molar-refractivity contribution in [3.63, 3.8) is 0 Å². The van der Waals surface area contributed by atoms with E-state index in [1.54, 1.807) is 0 Å². The highest BCUT2D eigenvalue weighted by atomic mass is 15.2. The number of piperidine rings is 1. The Morgan fingerprint density at radius 2 is 2.05 bits per heavy atom. The molecule has 0 radical (unpaired) electrons. The molecule has 0 N–H and O–H groups in total. The fourth-order valence-corrected chi connectivity index (χ4v) is 3.53. The van der Waals surface area contributed by atoms with E-state index in [1.165, 1.54) is 30.3 Å². The number of nitrogens with zero attached hydrogens (tertiary/aromatic N) is 4. The second-order valence-electron chi connectivity index (χ2n) is 5.75. The van der Waals surface area contributed by atoms with Crippen molar-refractivity contribution in [3.8, 4) is 0 Å². The molecule has 0 aliphatic carbocycles. The van der Waals surface area contributed by atoms with Gasteiger partial charge in [0.1, 0.15) is 11.6 Å². The average Bonchev–Trinajstić information content (AvgIpc) is 2.37. The van der Waals surface area contributed by atoms with Gasteiger partial charge in [-0.1, -0.05) is 0 Å². The molecule has 2 aromatic rings. The van der Waals surface area contributed by atoms with Crippen LogP contribution < -0.4 is 4.90 Å². The van der Waals surface area contributed by atoms with E-state index in [1.807, 2.05) is 6.92 Å². The van der Waals surface area contributed by atoms with Gasteiger partial charge in [-0.15, -0.1) is 0 Å². The summed E-state index contributed by atoms with van der Waals surface area (Å²) in [6.07, 6.45) is 4.92. The minimum Gasteiger partial charge on any atom is -0.353 e. The summed E-state index contributed by atoms with van der Waals surface area (Å²) in [5.74, 6) is 1.99. The highest BCUT2D eigenvalue weighted by molar-refractivity contribution is 5.93. The van der Waals surface area contributed by atoms with Gasteiger partial charge in [0.05, 0.1) is 16.6 Å². The predicted molar refractivity (Wildman–Crippen MR) is 75.5 cm³/mol. The van der Waals surface area contributed by atoms with Gasteiger partial charge >= 0.3 is 0 Å². The molecule has 4 heterocycles. The van der Waals surface area contributed by atoms with Crippen LogP contribution in [0.25, 0.3) is 10.9 Å². The van der Waals surface area contributed by atoms with Gasteiger partial charge in [0.25, 0.3) is 0 Å². The molecule has 2 aromatic heterocycles. The first-order valence-corrected chi connectivity index (χ1v) is 7.14. The lowest BCUT2D eigenvalue weighted by atomic mass is 9.92. The monoisotopic (exact) mass is 254 g/mol. The topological polar surface area (TPSA) is 41.9 Å². The van der Waals surface area contributed by atoms with Crippen molar-refractivity contribution >= 4 is 16.7 Å². The molecule has 0 aromatic carbocycles. The van der Waals surface area contributed by atoms with Gasteiger partial charge in [-0.3, -0.25) is 4.98 Å². The summed E-state index contributed by atoms with van der Waals surface area (Å²) in [6, 6.07) is 2.68. The Balaban J connectivity index is 2.03. The minimum atomic E-state index is 0.591. The molecule has 0 spiro atoms. The van der Waals surface area contributed by atoms with Gasteiger partial charge in [-0.05, 0) is 39.2 Å². The van der Waals surface area contributed by atoms with Gasteiger partial charge in [-0.2, -0.15) is 0 Å². The summed E-state index contributed by atoms with van der Waals surface area (Å²) in [6.45, 7) is 5.17. The summed E-state index contributed by atoms with van der Waals surface area (Å²) in [5, 5.41) is 1.19. The average molecular weight is 254 g/mol. The van der Waals surface area contributed by atoms with E-state index in [2.05, 4.69) is 22.9 Å². The fraction of sp³-hybridized carbons (Fsp3) is 0.533. The van der Waals surface area contributed by atoms with Crippen LogP contribution in [0.5, 0.6) is 0 Å². The Bertz CT molecular complexity index is 659. The lowest BCUT2D eigenvalue weighted by Crippen LogP contribution is -2.44. The van der Waals surface area contributed by atoms with Crippen LogP contribution >= 0.6 is 0 Å². The van der Waals surface area contributed by atoms with Crippen molar-refractivity contribution in [2.24, 2.45) is 0 Å². The molecule has 4 rings (SSSR count).